The second kappa shape index (κ2) is 17.6. The lowest BCUT2D eigenvalue weighted by Crippen LogP contribution is -2.71. The first-order valence-corrected chi connectivity index (χ1v) is 22.2. The summed E-state index contributed by atoms with van der Waals surface area (Å²) in [6.07, 6.45) is 2.92. The number of hydrazine groups is 1. The van der Waals surface area contributed by atoms with Gasteiger partial charge in [-0.3, -0.25) is 44.6 Å². The van der Waals surface area contributed by atoms with Crippen molar-refractivity contribution in [3.05, 3.63) is 86.0 Å². The molecule has 2 atom stereocenters. The molecule has 9 N–H and O–H groups in total. The Morgan fingerprint density at radius 1 is 1.00 bits per heavy atom. The van der Waals surface area contributed by atoms with Gasteiger partial charge in [-0.2, -0.15) is 0 Å². The van der Waals surface area contributed by atoms with Crippen molar-refractivity contribution in [1.29, 1.82) is 0 Å². The number of phenols is 2. The number of oxime groups is 1. The van der Waals surface area contributed by atoms with Gasteiger partial charge in [0.2, 0.25) is 11.0 Å². The number of anilines is 2. The number of β-lactam (4-membered cyclic amide) rings is 1. The molecule has 2 aromatic heterocycles. The SMILES string of the molecule is CC(C)(ON=C(C(=O)N[C@@H]1C(=O)N2C(C(=O)O)=C(CN3CCN(c4cc5c(cc4F)c(=O)c(C(=O)O)cn5C4CC4)CC3)CS[C@H]12)c1csc(N)n1)C(=O)NNC(=O)c1ccc(O)c(O)c1. The van der Waals surface area contributed by atoms with E-state index in [-0.39, 0.29) is 51.5 Å². The van der Waals surface area contributed by atoms with E-state index in [9.17, 15) is 54.0 Å². The number of hydrogen-bond donors (Lipinski definition) is 8. The maximum atomic E-state index is 15.6. The molecule has 4 aliphatic rings. The third-order valence-corrected chi connectivity index (χ3v) is 13.4. The summed E-state index contributed by atoms with van der Waals surface area (Å²) >= 11 is 2.21. The number of hydrogen-bond acceptors (Lipinski definition) is 17. The Hall–Kier alpha value is -7.25. The van der Waals surface area contributed by atoms with E-state index >= 15 is 4.39 Å². The van der Waals surface area contributed by atoms with Crippen molar-refractivity contribution in [2.75, 3.05) is 49.1 Å². The predicted molar refractivity (Wildman–Crippen MR) is 235 cm³/mol. The van der Waals surface area contributed by atoms with Crippen molar-refractivity contribution in [3.63, 3.8) is 0 Å². The van der Waals surface area contributed by atoms with Crippen molar-refractivity contribution in [2.45, 2.75) is 49.7 Å². The fourth-order valence-corrected chi connectivity index (χ4v) is 9.53. The number of carboxylic acids is 2. The van der Waals surface area contributed by atoms with Crippen LogP contribution in [0.3, 0.4) is 0 Å². The van der Waals surface area contributed by atoms with Gasteiger partial charge in [0.05, 0.1) is 11.2 Å². The number of aromatic nitrogens is 2. The molecule has 22 nitrogen and oxygen atoms in total. The first-order chi connectivity index (χ1) is 31.3. The third-order valence-electron chi connectivity index (χ3n) is 11.4. The molecule has 2 saturated heterocycles. The smallest absolute Gasteiger partial charge is 0.352 e. The Labute approximate surface area is 380 Å². The number of thioether (sulfide) groups is 1. The molecule has 1 saturated carbocycles. The van der Waals surface area contributed by atoms with Crippen LogP contribution in [0.2, 0.25) is 0 Å². The maximum Gasteiger partial charge on any atom is 0.352 e. The van der Waals surface area contributed by atoms with Crippen LogP contribution < -0.4 is 32.2 Å². The lowest BCUT2D eigenvalue weighted by Gasteiger charge is -2.50. The van der Waals surface area contributed by atoms with E-state index in [1.54, 1.807) is 10.6 Å². The lowest BCUT2D eigenvalue weighted by atomic mass is 10.0. The number of carbonyl (C=O) groups is 6. The van der Waals surface area contributed by atoms with Gasteiger partial charge in [-0.1, -0.05) is 5.16 Å². The van der Waals surface area contributed by atoms with Crippen molar-refractivity contribution in [1.82, 2.24) is 35.5 Å². The first kappa shape index (κ1) is 45.3. The molecule has 25 heteroatoms. The van der Waals surface area contributed by atoms with Crippen LogP contribution in [-0.2, 0) is 24.0 Å². The van der Waals surface area contributed by atoms with Crippen LogP contribution in [0.5, 0.6) is 11.5 Å². The minimum absolute atomic E-state index is 0.00707. The molecule has 5 heterocycles. The summed E-state index contributed by atoms with van der Waals surface area (Å²) in [7, 11) is 0. The van der Waals surface area contributed by atoms with Gasteiger partial charge in [0.25, 0.3) is 23.6 Å². The third kappa shape index (κ3) is 8.78. The summed E-state index contributed by atoms with van der Waals surface area (Å²) < 4.78 is 17.3. The van der Waals surface area contributed by atoms with Crippen LogP contribution in [0.4, 0.5) is 15.2 Å². The highest BCUT2D eigenvalue weighted by Crippen LogP contribution is 2.41. The van der Waals surface area contributed by atoms with Gasteiger partial charge in [0, 0.05) is 67.0 Å². The van der Waals surface area contributed by atoms with Crippen LogP contribution in [-0.4, -0.2) is 137 Å². The number of carboxylic acid groups (broad SMARTS) is 2. The van der Waals surface area contributed by atoms with Crippen molar-refractivity contribution in [2.24, 2.45) is 5.16 Å². The monoisotopic (exact) mass is 948 g/mol. The minimum atomic E-state index is -1.84. The summed E-state index contributed by atoms with van der Waals surface area (Å²) in [5.41, 5.74) is 7.40. The van der Waals surface area contributed by atoms with Gasteiger partial charge < -0.3 is 45.8 Å². The first-order valence-electron chi connectivity index (χ1n) is 20.2. The fourth-order valence-electron chi connectivity index (χ4n) is 7.64. The zero-order chi connectivity index (χ0) is 47.4. The van der Waals surface area contributed by atoms with E-state index in [4.69, 9.17) is 10.6 Å². The number of carbonyl (C=O) groups excluding carboxylic acids is 4. The molecule has 3 aliphatic heterocycles. The number of halogens is 1. The number of nitrogen functional groups attached to an aromatic ring is 1. The Bertz CT molecular complexity index is 2850. The molecule has 0 spiro atoms. The van der Waals surface area contributed by atoms with E-state index in [2.05, 4.69) is 26.3 Å². The molecule has 66 heavy (non-hydrogen) atoms. The Morgan fingerprint density at radius 2 is 1.73 bits per heavy atom. The van der Waals surface area contributed by atoms with E-state index in [0.717, 1.165) is 47.3 Å². The highest BCUT2D eigenvalue weighted by Gasteiger charge is 2.54. The molecule has 3 fully saturated rings. The molecule has 4 aromatic rings. The van der Waals surface area contributed by atoms with Crippen LogP contribution in [0.1, 0.15) is 59.1 Å². The number of nitrogens with two attached hydrogens (primary N) is 1. The van der Waals surface area contributed by atoms with Crippen molar-refractivity contribution < 1.29 is 58.4 Å². The summed E-state index contributed by atoms with van der Waals surface area (Å²) in [6.45, 7) is 4.21. The lowest BCUT2D eigenvalue weighted by molar-refractivity contribution is -0.150. The average Bonchev–Trinajstić information content (AvgIpc) is 4.04. The molecule has 8 rings (SSSR count). The normalized spacial score (nSPS) is 19.0. The summed E-state index contributed by atoms with van der Waals surface area (Å²) in [5.74, 6) is -7.65. The standard InChI is InChI=1S/C41H41FN10O12S2/c1-41(2,39(63)47-46-33(56)18-3-6-27(53)28(54)11-18)64-48-29(24-17-66-40(43)44-24)34(57)45-30-35(58)52-31(38(61)62)19(16-65-36(30)52)14-49-7-9-50(10-8-49)26-13-25-21(12-23(26)42)32(55)22(37(59)60)15-51(25)20-4-5-20/h3,6,11-13,15,17,20,30,36,53-54H,4-5,7-10,14,16H2,1-2H3,(H2,43,44)(H,45,57)(H,46,56)(H,47,63)(H,59,60)(H,61,62)/t30-,36-/m1/s1. The number of rotatable bonds is 13. The predicted octanol–water partition coefficient (Wildman–Crippen LogP) is 1.14. The Morgan fingerprint density at radius 3 is 2.36 bits per heavy atom. The van der Waals surface area contributed by atoms with Crippen molar-refractivity contribution >= 4 is 86.1 Å². The van der Waals surface area contributed by atoms with Crippen LogP contribution in [0.25, 0.3) is 10.9 Å². The molecule has 1 aliphatic carbocycles. The van der Waals surface area contributed by atoms with Crippen LogP contribution >= 0.6 is 23.1 Å². The number of aromatic hydroxyl groups is 2. The molecule has 2 aromatic carbocycles. The second-order valence-electron chi connectivity index (χ2n) is 16.2. The molecule has 0 unspecified atom stereocenters. The summed E-state index contributed by atoms with van der Waals surface area (Å²) in [4.78, 5) is 105. The highest BCUT2D eigenvalue weighted by atomic mass is 32.2. The zero-order valence-electron chi connectivity index (χ0n) is 34.9. The number of nitrogens with zero attached hydrogens (tertiary/aromatic N) is 6. The topological polar surface area (TPSA) is 312 Å². The fraction of sp³-hybridized carbons (Fsp3) is 0.341. The molecule has 0 bridgehead atoms. The Balaban J connectivity index is 0.915. The Kier molecular flexibility index (Phi) is 12.1. The maximum absolute atomic E-state index is 15.6. The number of fused-ring (bicyclic) bond motifs is 2. The molecule has 4 amide bonds. The van der Waals surface area contributed by atoms with E-state index in [0.29, 0.717) is 37.3 Å². The van der Waals surface area contributed by atoms with E-state index in [1.807, 2.05) is 9.80 Å². The van der Waals surface area contributed by atoms with E-state index in [1.165, 1.54) is 43.3 Å². The number of pyridine rings is 1. The quantitative estimate of drug-likeness (QED) is 0.0403. The molecular formula is C41H41FN10O12S2. The number of thiazole rings is 1. The molecule has 0 radical (unpaired) electrons. The van der Waals surface area contributed by atoms with Gasteiger partial charge in [-0.15, -0.1) is 23.1 Å². The number of nitrogens with one attached hydrogen (secondary N) is 3. The van der Waals surface area contributed by atoms with Crippen LogP contribution in [0.15, 0.2) is 63.1 Å². The number of amides is 4. The van der Waals surface area contributed by atoms with Crippen LogP contribution in [0, 0.1) is 5.82 Å². The number of aliphatic carboxylic acids is 1. The average molecular weight is 949 g/mol. The molecule has 346 valence electrons. The number of aromatic carboxylic acids is 1. The zero-order valence-corrected chi connectivity index (χ0v) is 36.6. The van der Waals surface area contributed by atoms with Gasteiger partial charge in [0.1, 0.15) is 34.2 Å². The highest BCUT2D eigenvalue weighted by molar-refractivity contribution is 8.00. The van der Waals surface area contributed by atoms with Crippen molar-refractivity contribution in [3.8, 4) is 11.5 Å². The molecular weight excluding hydrogens is 908 g/mol. The minimum Gasteiger partial charge on any atom is -0.504 e. The number of phenolic OH excluding ortho intramolecular Hbond substituents is 2. The van der Waals surface area contributed by atoms with Gasteiger partial charge >= 0.3 is 11.9 Å². The van der Waals surface area contributed by atoms with Gasteiger partial charge in [-0.05, 0) is 62.6 Å². The van der Waals surface area contributed by atoms with Gasteiger partial charge in [-0.25, -0.2) is 19.0 Å². The number of benzene rings is 2. The summed E-state index contributed by atoms with van der Waals surface area (Å²) in [5, 5.41) is 46.2. The largest absolute Gasteiger partial charge is 0.504 e. The number of piperazine rings is 1. The van der Waals surface area contributed by atoms with E-state index < -0.39 is 86.6 Å². The van der Waals surface area contributed by atoms with Gasteiger partial charge in [0.15, 0.2) is 22.3 Å². The summed E-state index contributed by atoms with van der Waals surface area (Å²) in [6, 6.07) is 4.73. The second-order valence-corrected chi connectivity index (χ2v) is 18.2.